The van der Waals surface area contributed by atoms with E-state index in [1.54, 1.807) is 0 Å². The van der Waals surface area contributed by atoms with Crippen LogP contribution in [0, 0.1) is 5.92 Å². The smallest absolute Gasteiger partial charge is 0.273 e. The standard InChI is InChI=1S/C26H19N7O8/c1-10(2)19-26-32-16(9-40-26)25-31-14(7-39-25)23-28-11(4-36-23)20-17(41-20)3-18-27-13(6-35-18)22-30-15(8-38-22)24-29-12(5-37-24)21(34)33-19/h4-10,17,19-20H,3H2,1-2H3,(H,33,34). The van der Waals surface area contributed by atoms with E-state index in [9.17, 15) is 4.79 Å². The minimum atomic E-state index is -0.586. The minimum Gasteiger partial charge on any atom is -0.448 e. The Morgan fingerprint density at radius 1 is 0.683 bits per heavy atom. The number of amides is 1. The molecule has 8 rings (SSSR count). The van der Waals surface area contributed by atoms with E-state index in [0.29, 0.717) is 35.1 Å². The molecule has 1 saturated heterocycles. The second-order valence-electron chi connectivity index (χ2n) is 9.88. The summed E-state index contributed by atoms with van der Waals surface area (Å²) in [5.41, 5.74) is 2.04. The first-order valence-corrected chi connectivity index (χ1v) is 12.7. The number of carbonyl (C=O) groups is 1. The molecule has 12 bridgehead atoms. The summed E-state index contributed by atoms with van der Waals surface area (Å²) < 4.78 is 39.4. The molecule has 41 heavy (non-hydrogen) atoms. The highest BCUT2D eigenvalue weighted by Crippen LogP contribution is 2.41. The van der Waals surface area contributed by atoms with Gasteiger partial charge in [0.2, 0.25) is 29.5 Å². The summed E-state index contributed by atoms with van der Waals surface area (Å²) >= 11 is 0. The molecule has 3 unspecified atom stereocenters. The van der Waals surface area contributed by atoms with Crippen LogP contribution in [0.25, 0.3) is 46.3 Å². The second kappa shape index (κ2) is 8.85. The molecule has 1 amide bonds. The van der Waals surface area contributed by atoms with Gasteiger partial charge in [0, 0.05) is 0 Å². The lowest BCUT2D eigenvalue weighted by Crippen LogP contribution is -2.32. The van der Waals surface area contributed by atoms with Crippen molar-refractivity contribution in [2.75, 3.05) is 0 Å². The SMILES string of the molecule is CC(C)C1NC(=O)c2coc(n2)-c2coc(n2)-c2coc(n2)CC2OC2c2coc(n2)-c2coc(n2)-c2coc1n2. The van der Waals surface area contributed by atoms with Crippen LogP contribution >= 0.6 is 0 Å². The summed E-state index contributed by atoms with van der Waals surface area (Å²) in [7, 11) is 0. The Kier molecular flexibility index (Phi) is 5.09. The molecule has 206 valence electrons. The van der Waals surface area contributed by atoms with Crippen LogP contribution in [0.15, 0.2) is 64.1 Å². The number of nitrogens with zero attached hydrogens (tertiary/aromatic N) is 6. The molecule has 2 aliphatic heterocycles. The van der Waals surface area contributed by atoms with Crippen molar-refractivity contribution in [2.24, 2.45) is 5.92 Å². The molecule has 3 atom stereocenters. The summed E-state index contributed by atoms with van der Waals surface area (Å²) in [5, 5.41) is 2.90. The van der Waals surface area contributed by atoms with Gasteiger partial charge < -0.3 is 36.6 Å². The van der Waals surface area contributed by atoms with E-state index in [0.717, 1.165) is 0 Å². The van der Waals surface area contributed by atoms with Crippen molar-refractivity contribution < 1.29 is 36.0 Å². The van der Waals surface area contributed by atoms with Crippen LogP contribution in [-0.2, 0) is 11.2 Å². The van der Waals surface area contributed by atoms with Crippen LogP contribution in [-0.4, -0.2) is 41.9 Å². The fourth-order valence-corrected chi connectivity index (χ4v) is 4.50. The Balaban J connectivity index is 1.16. The second-order valence-corrected chi connectivity index (χ2v) is 9.88. The normalized spacial score (nSPS) is 20.0. The lowest BCUT2D eigenvalue weighted by molar-refractivity contribution is 0.0911. The molecule has 0 spiro atoms. The Labute approximate surface area is 229 Å². The van der Waals surface area contributed by atoms with Gasteiger partial charge in [0.25, 0.3) is 5.91 Å². The van der Waals surface area contributed by atoms with E-state index in [1.165, 1.54) is 37.6 Å². The molecular weight excluding hydrogens is 538 g/mol. The molecule has 1 N–H and O–H groups in total. The highest BCUT2D eigenvalue weighted by Gasteiger charge is 2.43. The summed E-state index contributed by atoms with van der Waals surface area (Å²) in [5.74, 6) is 0.902. The molecule has 1 fully saturated rings. The van der Waals surface area contributed by atoms with Gasteiger partial charge in [-0.15, -0.1) is 0 Å². The van der Waals surface area contributed by atoms with Gasteiger partial charge in [0.15, 0.2) is 34.4 Å². The number of nitrogens with one attached hydrogen (secondary N) is 1. The minimum absolute atomic E-state index is 0.0433. The summed E-state index contributed by atoms with van der Waals surface area (Å²) in [6.45, 7) is 3.84. The molecule has 15 heteroatoms. The highest BCUT2D eigenvalue weighted by atomic mass is 16.6. The first kappa shape index (κ1) is 23.6. The van der Waals surface area contributed by atoms with Crippen LogP contribution in [0.3, 0.4) is 0 Å². The topological polar surface area (TPSA) is 198 Å². The number of ether oxygens (including phenoxy) is 1. The number of rotatable bonds is 1. The summed E-state index contributed by atoms with van der Waals surface area (Å²) in [4.78, 5) is 39.7. The number of hydrogen-bond acceptors (Lipinski definition) is 14. The van der Waals surface area contributed by atoms with Crippen molar-refractivity contribution >= 4 is 5.91 Å². The Bertz CT molecular complexity index is 1890. The largest absolute Gasteiger partial charge is 0.448 e. The molecule has 8 heterocycles. The van der Waals surface area contributed by atoms with Gasteiger partial charge in [-0.3, -0.25) is 4.79 Å². The average molecular weight is 557 g/mol. The van der Waals surface area contributed by atoms with Gasteiger partial charge in [0.05, 0.1) is 12.5 Å². The molecule has 2 aliphatic rings. The maximum absolute atomic E-state index is 13.1. The molecule has 0 aromatic carbocycles. The molecule has 0 radical (unpaired) electrons. The monoisotopic (exact) mass is 557 g/mol. The van der Waals surface area contributed by atoms with Crippen molar-refractivity contribution in [3.63, 3.8) is 0 Å². The third-order valence-electron chi connectivity index (χ3n) is 6.69. The number of hydrogen-bond donors (Lipinski definition) is 1. The van der Waals surface area contributed by atoms with Gasteiger partial charge in [-0.2, -0.15) is 0 Å². The average Bonchev–Trinajstić information content (AvgIpc) is 3.70. The fourth-order valence-electron chi connectivity index (χ4n) is 4.50. The number of carbonyl (C=O) groups excluding carboxylic acids is 1. The van der Waals surface area contributed by atoms with Gasteiger partial charge >= 0.3 is 0 Å². The molecule has 6 aromatic rings. The first-order chi connectivity index (χ1) is 20.0. The van der Waals surface area contributed by atoms with Crippen molar-refractivity contribution in [1.29, 1.82) is 0 Å². The maximum atomic E-state index is 13.1. The van der Waals surface area contributed by atoms with Gasteiger partial charge in [-0.05, 0) is 5.92 Å². The van der Waals surface area contributed by atoms with Crippen LogP contribution in [0.4, 0.5) is 0 Å². The predicted molar refractivity (Wildman–Crippen MR) is 131 cm³/mol. The zero-order valence-electron chi connectivity index (χ0n) is 21.4. The summed E-state index contributed by atoms with van der Waals surface area (Å²) in [6, 6.07) is -0.586. The van der Waals surface area contributed by atoms with Crippen LogP contribution < -0.4 is 5.32 Å². The van der Waals surface area contributed by atoms with Crippen molar-refractivity contribution in [3.05, 3.63) is 60.7 Å². The first-order valence-electron chi connectivity index (χ1n) is 12.7. The highest BCUT2D eigenvalue weighted by molar-refractivity contribution is 5.92. The fraction of sp³-hybridized carbons (Fsp3) is 0.269. The zero-order valence-corrected chi connectivity index (χ0v) is 21.4. The Hall–Kier alpha value is -5.31. The zero-order chi connectivity index (χ0) is 27.7. The quantitative estimate of drug-likeness (QED) is 0.279. The number of oxazole rings is 6. The molecule has 0 saturated carbocycles. The van der Waals surface area contributed by atoms with Crippen LogP contribution in [0.2, 0.25) is 0 Å². The van der Waals surface area contributed by atoms with Gasteiger partial charge in [0.1, 0.15) is 55.4 Å². The molecule has 6 aromatic heterocycles. The lowest BCUT2D eigenvalue weighted by atomic mass is 10.0. The van der Waals surface area contributed by atoms with Gasteiger partial charge in [-0.25, -0.2) is 29.9 Å². The number of fused-ring (bicyclic) bond motifs is 18. The number of aromatic nitrogens is 6. The number of epoxide rings is 1. The molecule has 0 aliphatic carbocycles. The van der Waals surface area contributed by atoms with E-state index in [-0.39, 0.29) is 59.0 Å². The lowest BCUT2D eigenvalue weighted by Gasteiger charge is -2.18. The third kappa shape index (κ3) is 4.13. The van der Waals surface area contributed by atoms with Crippen LogP contribution in [0.1, 0.15) is 54.0 Å². The Morgan fingerprint density at radius 2 is 1.24 bits per heavy atom. The third-order valence-corrected chi connectivity index (χ3v) is 6.69. The van der Waals surface area contributed by atoms with Crippen molar-refractivity contribution in [1.82, 2.24) is 35.2 Å². The molecule has 15 nitrogen and oxygen atoms in total. The van der Waals surface area contributed by atoms with E-state index in [2.05, 4.69) is 35.2 Å². The van der Waals surface area contributed by atoms with E-state index in [1.807, 2.05) is 13.8 Å². The van der Waals surface area contributed by atoms with Crippen LogP contribution in [0.5, 0.6) is 0 Å². The molecular formula is C26H19N7O8. The van der Waals surface area contributed by atoms with Crippen molar-refractivity contribution in [2.45, 2.75) is 38.5 Å². The summed E-state index contributed by atoms with van der Waals surface area (Å²) in [6.07, 6.45) is 8.29. The van der Waals surface area contributed by atoms with Gasteiger partial charge in [-0.1, -0.05) is 13.8 Å². The van der Waals surface area contributed by atoms with Crippen molar-refractivity contribution in [3.8, 4) is 46.3 Å². The van der Waals surface area contributed by atoms with E-state index < -0.39 is 11.9 Å². The predicted octanol–water partition coefficient (Wildman–Crippen LogP) is 4.41. The maximum Gasteiger partial charge on any atom is 0.273 e. The van der Waals surface area contributed by atoms with E-state index >= 15 is 0 Å². The van der Waals surface area contributed by atoms with E-state index in [4.69, 9.17) is 31.2 Å². The Morgan fingerprint density at radius 3 is 1.98 bits per heavy atom.